The van der Waals surface area contributed by atoms with E-state index in [1.165, 1.54) is 17.0 Å². The molecular formula is C19H17F3N2O4. The van der Waals surface area contributed by atoms with Gasteiger partial charge in [0, 0.05) is 25.2 Å². The van der Waals surface area contributed by atoms with Crippen LogP contribution in [0.5, 0.6) is 5.75 Å². The van der Waals surface area contributed by atoms with Crippen molar-refractivity contribution in [3.8, 4) is 5.75 Å². The summed E-state index contributed by atoms with van der Waals surface area (Å²) < 4.78 is 40.7. The quantitative estimate of drug-likeness (QED) is 0.764. The Morgan fingerprint density at radius 3 is 2.57 bits per heavy atom. The minimum Gasteiger partial charge on any atom is -0.406 e. The van der Waals surface area contributed by atoms with Crippen molar-refractivity contribution >= 4 is 17.5 Å². The number of para-hydroxylation sites is 1. The first kappa shape index (κ1) is 19.7. The van der Waals surface area contributed by atoms with Crippen molar-refractivity contribution in [1.29, 1.82) is 0 Å². The van der Waals surface area contributed by atoms with Crippen LogP contribution >= 0.6 is 0 Å². The number of alkyl halides is 3. The monoisotopic (exact) mass is 394 g/mol. The van der Waals surface area contributed by atoms with E-state index in [0.717, 1.165) is 12.1 Å². The number of halogens is 3. The molecule has 0 saturated carbocycles. The first-order chi connectivity index (χ1) is 13.2. The van der Waals surface area contributed by atoms with Crippen LogP contribution < -0.4 is 15.0 Å². The van der Waals surface area contributed by atoms with Gasteiger partial charge in [-0.05, 0) is 29.8 Å². The average Bonchev–Trinajstić information content (AvgIpc) is 2.95. The fraction of sp³-hybridized carbons (Fsp3) is 0.263. The number of rotatable bonds is 5. The van der Waals surface area contributed by atoms with Crippen molar-refractivity contribution in [3.63, 3.8) is 0 Å². The van der Waals surface area contributed by atoms with Crippen LogP contribution in [0.2, 0.25) is 0 Å². The molecule has 1 saturated heterocycles. The molecule has 1 aliphatic rings. The molecule has 2 aromatic carbocycles. The summed E-state index contributed by atoms with van der Waals surface area (Å²) >= 11 is 0. The van der Waals surface area contributed by atoms with E-state index >= 15 is 0 Å². The summed E-state index contributed by atoms with van der Waals surface area (Å²) in [7, 11) is 0. The maximum atomic E-state index is 12.6. The number of carbonyl (C=O) groups is 2. The zero-order valence-corrected chi connectivity index (χ0v) is 14.6. The number of benzene rings is 2. The number of hydrogen-bond donors (Lipinski definition) is 2. The summed E-state index contributed by atoms with van der Waals surface area (Å²) in [6, 6.07) is 13.7. The minimum absolute atomic E-state index is 0.0935. The molecular weight excluding hydrogens is 377 g/mol. The van der Waals surface area contributed by atoms with Crippen LogP contribution in [0.3, 0.4) is 0 Å². The number of carbonyl (C=O) groups excluding carboxylic acids is 2. The summed E-state index contributed by atoms with van der Waals surface area (Å²) in [5, 5.41) is 13.0. The number of aliphatic hydroxyl groups is 1. The van der Waals surface area contributed by atoms with Crippen LogP contribution in [0, 0.1) is 0 Å². The van der Waals surface area contributed by atoms with Crippen molar-refractivity contribution in [2.45, 2.75) is 24.9 Å². The molecule has 0 spiro atoms. The van der Waals surface area contributed by atoms with E-state index in [-0.39, 0.29) is 19.5 Å². The standard InChI is InChI=1S/C19H17F3N2O4/c20-19(21,22)28-15-8-4-5-13(11-15)12-23-16(25)18(27)9-10-24(17(18)26)14-6-2-1-3-7-14/h1-8,11,27H,9-10,12H2,(H,23,25)/t18-/m0/s1. The molecule has 1 fully saturated rings. The molecule has 2 N–H and O–H groups in total. The lowest BCUT2D eigenvalue weighted by Gasteiger charge is -2.22. The summed E-state index contributed by atoms with van der Waals surface area (Å²) in [6.07, 6.45) is -4.92. The normalized spacial score (nSPS) is 19.6. The highest BCUT2D eigenvalue weighted by Crippen LogP contribution is 2.28. The second kappa shape index (κ2) is 7.51. The van der Waals surface area contributed by atoms with Crippen LogP contribution in [-0.2, 0) is 16.1 Å². The Hall–Kier alpha value is -3.07. The third-order valence-electron chi connectivity index (χ3n) is 4.32. The Balaban J connectivity index is 1.65. The predicted octanol–water partition coefficient (Wildman–Crippen LogP) is 2.37. The second-order valence-electron chi connectivity index (χ2n) is 6.28. The highest BCUT2D eigenvalue weighted by Gasteiger charge is 2.51. The zero-order valence-electron chi connectivity index (χ0n) is 14.6. The van der Waals surface area contributed by atoms with Crippen molar-refractivity contribution in [3.05, 3.63) is 60.2 Å². The van der Waals surface area contributed by atoms with Crippen molar-refractivity contribution in [1.82, 2.24) is 5.32 Å². The molecule has 148 valence electrons. The van der Waals surface area contributed by atoms with Gasteiger partial charge in [0.1, 0.15) is 5.75 Å². The molecule has 0 unspecified atom stereocenters. The van der Waals surface area contributed by atoms with Crippen molar-refractivity contribution < 1.29 is 32.6 Å². The van der Waals surface area contributed by atoms with E-state index in [1.807, 2.05) is 0 Å². The molecule has 9 heteroatoms. The van der Waals surface area contributed by atoms with Gasteiger partial charge in [-0.15, -0.1) is 13.2 Å². The van der Waals surface area contributed by atoms with Crippen molar-refractivity contribution in [2.24, 2.45) is 0 Å². The van der Waals surface area contributed by atoms with Gasteiger partial charge in [0.2, 0.25) is 5.60 Å². The molecule has 0 aromatic heterocycles. The highest BCUT2D eigenvalue weighted by molar-refractivity contribution is 6.16. The van der Waals surface area contributed by atoms with Crippen LogP contribution in [0.15, 0.2) is 54.6 Å². The van der Waals surface area contributed by atoms with E-state index < -0.39 is 29.5 Å². The van der Waals surface area contributed by atoms with E-state index in [2.05, 4.69) is 10.1 Å². The largest absolute Gasteiger partial charge is 0.573 e. The number of nitrogens with zero attached hydrogens (tertiary/aromatic N) is 1. The van der Waals surface area contributed by atoms with Gasteiger partial charge in [-0.25, -0.2) is 0 Å². The smallest absolute Gasteiger partial charge is 0.406 e. The molecule has 28 heavy (non-hydrogen) atoms. The summed E-state index contributed by atoms with van der Waals surface area (Å²) in [4.78, 5) is 26.3. The minimum atomic E-state index is -4.83. The number of hydrogen-bond acceptors (Lipinski definition) is 4. The van der Waals surface area contributed by atoms with Gasteiger partial charge in [0.05, 0.1) is 0 Å². The molecule has 0 aliphatic carbocycles. The summed E-state index contributed by atoms with van der Waals surface area (Å²) in [6.45, 7) is -0.00348. The molecule has 1 atom stereocenters. The molecule has 1 heterocycles. The van der Waals surface area contributed by atoms with Gasteiger partial charge in [-0.1, -0.05) is 30.3 Å². The first-order valence-electron chi connectivity index (χ1n) is 8.41. The molecule has 6 nitrogen and oxygen atoms in total. The van der Waals surface area contributed by atoms with Crippen molar-refractivity contribution in [2.75, 3.05) is 11.4 Å². The number of ether oxygens (including phenoxy) is 1. The summed E-state index contributed by atoms with van der Waals surface area (Å²) in [5.74, 6) is -2.08. The SMILES string of the molecule is O=C(NCc1cccc(OC(F)(F)F)c1)[C@@]1(O)CCN(c2ccccc2)C1=O. The van der Waals surface area contributed by atoms with Crippen LogP contribution in [0.4, 0.5) is 18.9 Å². The zero-order chi connectivity index (χ0) is 20.4. The van der Waals surface area contributed by atoms with Crippen LogP contribution in [0.1, 0.15) is 12.0 Å². The van der Waals surface area contributed by atoms with Crippen LogP contribution in [0.25, 0.3) is 0 Å². The third-order valence-corrected chi connectivity index (χ3v) is 4.32. The maximum absolute atomic E-state index is 12.6. The lowest BCUT2D eigenvalue weighted by molar-refractivity contribution is -0.274. The second-order valence-corrected chi connectivity index (χ2v) is 6.28. The maximum Gasteiger partial charge on any atom is 0.573 e. The molecule has 2 amide bonds. The number of amides is 2. The van der Waals surface area contributed by atoms with E-state index in [1.54, 1.807) is 30.3 Å². The molecule has 2 aromatic rings. The molecule has 1 aliphatic heterocycles. The third kappa shape index (κ3) is 4.25. The van der Waals surface area contributed by atoms with E-state index in [4.69, 9.17) is 0 Å². The Labute approximate surface area is 158 Å². The van der Waals surface area contributed by atoms with E-state index in [9.17, 15) is 27.9 Å². The van der Waals surface area contributed by atoms with Crippen LogP contribution in [-0.4, -0.2) is 35.4 Å². The Kier molecular flexibility index (Phi) is 5.28. The van der Waals surface area contributed by atoms with Gasteiger partial charge >= 0.3 is 6.36 Å². The molecule has 0 radical (unpaired) electrons. The van der Waals surface area contributed by atoms with Gasteiger partial charge in [0.15, 0.2) is 0 Å². The lowest BCUT2D eigenvalue weighted by Crippen LogP contribution is -2.52. The molecule has 0 bridgehead atoms. The fourth-order valence-electron chi connectivity index (χ4n) is 2.95. The number of nitrogens with one attached hydrogen (secondary N) is 1. The van der Waals surface area contributed by atoms with Gasteiger partial charge < -0.3 is 20.1 Å². The predicted molar refractivity (Wildman–Crippen MR) is 93.3 cm³/mol. The average molecular weight is 394 g/mol. The van der Waals surface area contributed by atoms with Gasteiger partial charge in [0.25, 0.3) is 11.8 Å². The molecule has 3 rings (SSSR count). The van der Waals surface area contributed by atoms with Gasteiger partial charge in [-0.2, -0.15) is 0 Å². The number of anilines is 1. The Morgan fingerprint density at radius 1 is 1.18 bits per heavy atom. The first-order valence-corrected chi connectivity index (χ1v) is 8.41. The van der Waals surface area contributed by atoms with Gasteiger partial charge in [-0.3, -0.25) is 9.59 Å². The fourth-order valence-corrected chi connectivity index (χ4v) is 2.95. The van der Waals surface area contributed by atoms with E-state index in [0.29, 0.717) is 11.3 Å². The summed E-state index contributed by atoms with van der Waals surface area (Å²) in [5.41, 5.74) is -1.34. The topological polar surface area (TPSA) is 78.9 Å². The Bertz CT molecular complexity index is 873. The lowest BCUT2D eigenvalue weighted by atomic mass is 10.0. The highest BCUT2D eigenvalue weighted by atomic mass is 19.4. The Morgan fingerprint density at radius 2 is 1.89 bits per heavy atom.